The number of rotatable bonds is 6. The van der Waals surface area contributed by atoms with Gasteiger partial charge in [0, 0.05) is 0 Å². The zero-order chi connectivity index (χ0) is 13.1. The van der Waals surface area contributed by atoms with Crippen LogP contribution in [0.3, 0.4) is 0 Å². The molecular formula is C17H24. The van der Waals surface area contributed by atoms with Crippen LogP contribution in [0.4, 0.5) is 0 Å². The summed E-state index contributed by atoms with van der Waals surface area (Å²) in [6.45, 7) is 12.1. The molecule has 0 aliphatic carbocycles. The molecule has 0 aromatic rings. The van der Waals surface area contributed by atoms with Crippen LogP contribution in [0.25, 0.3) is 0 Å². The molecule has 0 N–H and O–H groups in total. The van der Waals surface area contributed by atoms with Gasteiger partial charge in [-0.05, 0) is 45.3 Å². The number of hydrogen-bond acceptors (Lipinski definition) is 0. The van der Waals surface area contributed by atoms with Crippen molar-refractivity contribution in [3.63, 3.8) is 0 Å². The van der Waals surface area contributed by atoms with E-state index in [1.807, 2.05) is 26.0 Å². The Hall–Kier alpha value is -1.56. The van der Waals surface area contributed by atoms with Gasteiger partial charge in [-0.2, -0.15) is 0 Å². The second-order valence-corrected chi connectivity index (χ2v) is 3.90. The summed E-state index contributed by atoms with van der Waals surface area (Å²) in [7, 11) is 0. The van der Waals surface area contributed by atoms with Gasteiger partial charge in [0.2, 0.25) is 0 Å². The Balaban J connectivity index is 4.96. The molecule has 0 saturated carbocycles. The maximum atomic E-state index is 3.88. The van der Waals surface area contributed by atoms with Gasteiger partial charge in [-0.15, -0.1) is 0 Å². The second kappa shape index (κ2) is 9.65. The summed E-state index contributed by atoms with van der Waals surface area (Å²) in [5.74, 6) is 0. The minimum absolute atomic E-state index is 0.920. The van der Waals surface area contributed by atoms with E-state index in [0.29, 0.717) is 0 Å². The van der Waals surface area contributed by atoms with Gasteiger partial charge in [-0.3, -0.25) is 0 Å². The van der Waals surface area contributed by atoms with Crippen molar-refractivity contribution in [1.29, 1.82) is 0 Å². The van der Waals surface area contributed by atoms with Crippen LogP contribution in [-0.2, 0) is 0 Å². The van der Waals surface area contributed by atoms with Crippen LogP contribution in [0.1, 0.15) is 34.1 Å². The highest BCUT2D eigenvalue weighted by atomic mass is 14.0. The molecule has 0 bridgehead atoms. The van der Waals surface area contributed by atoms with E-state index < -0.39 is 0 Å². The van der Waals surface area contributed by atoms with Crippen molar-refractivity contribution in [3.8, 4) is 0 Å². The van der Waals surface area contributed by atoms with E-state index in [4.69, 9.17) is 0 Å². The minimum Gasteiger partial charge on any atom is -0.0988 e. The SMILES string of the molecule is C=C/C(=C\C(C)=C\C)CC(=C/C=C/C)/C=C/C. The van der Waals surface area contributed by atoms with Crippen LogP contribution in [0, 0.1) is 0 Å². The minimum atomic E-state index is 0.920. The van der Waals surface area contributed by atoms with Crippen LogP contribution in [0.5, 0.6) is 0 Å². The van der Waals surface area contributed by atoms with Crippen LogP contribution in [0.15, 0.2) is 71.9 Å². The molecule has 0 heterocycles. The Labute approximate surface area is 106 Å². The second-order valence-electron chi connectivity index (χ2n) is 3.90. The first-order valence-corrected chi connectivity index (χ1v) is 6.08. The Bertz CT molecular complexity index is 371. The van der Waals surface area contributed by atoms with Crippen LogP contribution >= 0.6 is 0 Å². The van der Waals surface area contributed by atoms with Gasteiger partial charge in [0.1, 0.15) is 0 Å². The van der Waals surface area contributed by atoms with Gasteiger partial charge in [0.25, 0.3) is 0 Å². The van der Waals surface area contributed by atoms with E-state index >= 15 is 0 Å². The van der Waals surface area contributed by atoms with Crippen molar-refractivity contribution >= 4 is 0 Å². The van der Waals surface area contributed by atoms with Crippen molar-refractivity contribution in [2.24, 2.45) is 0 Å². The molecular weight excluding hydrogens is 204 g/mol. The molecule has 0 aliphatic rings. The van der Waals surface area contributed by atoms with E-state index in [1.54, 1.807) is 0 Å². The van der Waals surface area contributed by atoms with Crippen molar-refractivity contribution < 1.29 is 0 Å². The quantitative estimate of drug-likeness (QED) is 0.524. The highest BCUT2D eigenvalue weighted by molar-refractivity contribution is 5.36. The third-order valence-corrected chi connectivity index (χ3v) is 2.42. The Morgan fingerprint density at radius 1 is 1.06 bits per heavy atom. The van der Waals surface area contributed by atoms with Gasteiger partial charge in [0.15, 0.2) is 0 Å². The predicted octanol–water partition coefficient (Wildman–Crippen LogP) is 5.53. The molecule has 0 unspecified atom stereocenters. The van der Waals surface area contributed by atoms with Crippen LogP contribution in [-0.4, -0.2) is 0 Å². The molecule has 0 aromatic heterocycles. The molecule has 0 nitrogen and oxygen atoms in total. The average Bonchev–Trinajstić information content (AvgIpc) is 2.34. The predicted molar refractivity (Wildman–Crippen MR) is 80.0 cm³/mol. The molecule has 92 valence electrons. The summed E-state index contributed by atoms with van der Waals surface area (Å²) >= 11 is 0. The van der Waals surface area contributed by atoms with E-state index in [-0.39, 0.29) is 0 Å². The molecule has 0 heteroatoms. The summed E-state index contributed by atoms with van der Waals surface area (Å²) in [6.07, 6.45) is 17.6. The van der Waals surface area contributed by atoms with Crippen molar-refractivity contribution in [3.05, 3.63) is 71.9 Å². The standard InChI is InChI=1S/C17H24/c1-6-10-12-17(11-7-2)14-16(9-4)13-15(5)8-3/h6-13H,4,14H2,1-3,5H3/b10-6+,11-7+,15-8+,16-13+,17-12+. The third-order valence-electron chi connectivity index (χ3n) is 2.42. The lowest BCUT2D eigenvalue weighted by atomic mass is 10.0. The molecule has 0 aliphatic heterocycles. The highest BCUT2D eigenvalue weighted by Crippen LogP contribution is 2.15. The van der Waals surface area contributed by atoms with Gasteiger partial charge < -0.3 is 0 Å². The van der Waals surface area contributed by atoms with Gasteiger partial charge in [-0.1, -0.05) is 60.8 Å². The summed E-state index contributed by atoms with van der Waals surface area (Å²) in [5.41, 5.74) is 3.81. The fraction of sp³-hybridized carbons (Fsp3) is 0.294. The molecule has 0 amide bonds. The van der Waals surface area contributed by atoms with Crippen molar-refractivity contribution in [1.82, 2.24) is 0 Å². The molecule has 17 heavy (non-hydrogen) atoms. The largest absolute Gasteiger partial charge is 0.0988 e. The van der Waals surface area contributed by atoms with E-state index in [0.717, 1.165) is 6.42 Å². The Kier molecular flexibility index (Phi) is 8.77. The Morgan fingerprint density at radius 3 is 2.24 bits per heavy atom. The lowest BCUT2D eigenvalue weighted by Gasteiger charge is -2.04. The smallest absolute Gasteiger partial charge is 0.00260 e. The molecule has 0 atom stereocenters. The average molecular weight is 228 g/mol. The van der Waals surface area contributed by atoms with Crippen molar-refractivity contribution in [2.45, 2.75) is 34.1 Å². The zero-order valence-corrected chi connectivity index (χ0v) is 11.5. The van der Waals surface area contributed by atoms with E-state index in [1.165, 1.54) is 16.7 Å². The van der Waals surface area contributed by atoms with E-state index in [9.17, 15) is 0 Å². The van der Waals surface area contributed by atoms with Crippen molar-refractivity contribution in [2.75, 3.05) is 0 Å². The van der Waals surface area contributed by atoms with Crippen LogP contribution in [0.2, 0.25) is 0 Å². The summed E-state index contributed by atoms with van der Waals surface area (Å²) in [4.78, 5) is 0. The fourth-order valence-electron chi connectivity index (χ4n) is 1.40. The maximum absolute atomic E-state index is 3.88. The first-order valence-electron chi connectivity index (χ1n) is 6.08. The normalized spacial score (nSPS) is 14.9. The lowest BCUT2D eigenvalue weighted by Crippen LogP contribution is -1.84. The van der Waals surface area contributed by atoms with Crippen LogP contribution < -0.4 is 0 Å². The van der Waals surface area contributed by atoms with Gasteiger partial charge in [0.05, 0.1) is 0 Å². The molecule has 0 radical (unpaired) electrons. The topological polar surface area (TPSA) is 0 Å². The van der Waals surface area contributed by atoms with Gasteiger partial charge in [-0.25, -0.2) is 0 Å². The fourth-order valence-corrected chi connectivity index (χ4v) is 1.40. The number of hydrogen-bond donors (Lipinski definition) is 0. The summed E-state index contributed by atoms with van der Waals surface area (Å²) in [6, 6.07) is 0. The first-order chi connectivity index (χ1) is 8.17. The number of allylic oxidation sites excluding steroid dienone is 11. The third kappa shape index (κ3) is 7.35. The lowest BCUT2D eigenvalue weighted by molar-refractivity contribution is 1.20. The molecule has 0 aromatic carbocycles. The zero-order valence-electron chi connectivity index (χ0n) is 11.5. The highest BCUT2D eigenvalue weighted by Gasteiger charge is 1.96. The summed E-state index contributed by atoms with van der Waals surface area (Å²) in [5, 5.41) is 0. The van der Waals surface area contributed by atoms with Gasteiger partial charge >= 0.3 is 0 Å². The molecule has 0 spiro atoms. The monoisotopic (exact) mass is 228 g/mol. The molecule has 0 rings (SSSR count). The first kappa shape index (κ1) is 15.4. The molecule has 0 fully saturated rings. The maximum Gasteiger partial charge on any atom is -0.00260 e. The summed E-state index contributed by atoms with van der Waals surface area (Å²) < 4.78 is 0. The Morgan fingerprint density at radius 2 is 1.76 bits per heavy atom. The molecule has 0 saturated heterocycles. The van der Waals surface area contributed by atoms with E-state index in [2.05, 4.69) is 56.9 Å².